The molecule has 4 rings (SSSR count). The fourth-order valence-electron chi connectivity index (χ4n) is 4.51. The molecule has 0 saturated heterocycles. The first kappa shape index (κ1) is 30.9. The molecule has 1 N–H and O–H groups in total. The fourth-order valence-corrected chi connectivity index (χ4v) is 6.11. The minimum atomic E-state index is -3.49. The van der Waals surface area contributed by atoms with E-state index in [9.17, 15) is 8.42 Å². The molecule has 0 saturated carbocycles. The number of hydrogen-bond donors (Lipinski definition) is 1. The topological polar surface area (TPSA) is 46.2 Å². The third-order valence-corrected chi connectivity index (χ3v) is 8.21. The van der Waals surface area contributed by atoms with Crippen molar-refractivity contribution in [3.8, 4) is 0 Å². The van der Waals surface area contributed by atoms with E-state index in [0.29, 0.717) is 4.90 Å². The molecule has 0 spiro atoms. The largest absolute Gasteiger partial charge is 1.00 e. The van der Waals surface area contributed by atoms with Crippen LogP contribution in [-0.4, -0.2) is 20.7 Å². The van der Waals surface area contributed by atoms with Gasteiger partial charge in [0.1, 0.15) is 0 Å². The minimum Gasteiger partial charge on any atom is -1.00 e. The van der Waals surface area contributed by atoms with Crippen LogP contribution in [0.5, 0.6) is 0 Å². The molecule has 4 aromatic carbocycles. The van der Waals surface area contributed by atoms with Crippen molar-refractivity contribution in [2.75, 3.05) is 12.3 Å². The van der Waals surface area contributed by atoms with Gasteiger partial charge in [-0.15, -0.1) is 0 Å². The zero-order valence-corrected chi connectivity index (χ0v) is 24.2. The first-order valence-corrected chi connectivity index (χ1v) is 13.8. The van der Waals surface area contributed by atoms with Gasteiger partial charge in [-0.1, -0.05) is 109 Å². The van der Waals surface area contributed by atoms with E-state index in [1.807, 2.05) is 73.7 Å². The Morgan fingerprint density at radius 2 is 1.22 bits per heavy atom. The van der Waals surface area contributed by atoms with E-state index in [4.69, 9.17) is 0 Å². The molecule has 0 bridgehead atoms. The van der Waals surface area contributed by atoms with E-state index in [1.54, 1.807) is 12.1 Å². The van der Waals surface area contributed by atoms with E-state index in [0.717, 1.165) is 36.1 Å². The molecule has 0 aromatic heterocycles. The number of nitrogens with one attached hydrogen (secondary N) is 1. The molecular weight excluding hydrogens is 587 g/mol. The molecule has 0 aliphatic rings. The smallest absolute Gasteiger partial charge is 1.00 e. The summed E-state index contributed by atoms with van der Waals surface area (Å²) in [4.78, 5) is 0.375. The van der Waals surface area contributed by atoms with Crippen LogP contribution in [0.4, 0.5) is 0 Å². The molecule has 0 aliphatic carbocycles. The first-order chi connectivity index (χ1) is 17.0. The Kier molecular flexibility index (Phi) is 12.7. The van der Waals surface area contributed by atoms with Gasteiger partial charge in [0.15, 0.2) is 9.84 Å². The SMILES string of the molecule is Cc1ccc(S(=O)(=O)C[C@H](c2ccccc2)[C@H](NCCCc2ccccc2)c2ccccc2)cc1.[Cl-].[Ru+]. The Morgan fingerprint density at radius 1 is 0.703 bits per heavy atom. The van der Waals surface area contributed by atoms with Crippen LogP contribution in [0.15, 0.2) is 120 Å². The van der Waals surface area contributed by atoms with Crippen LogP contribution in [-0.2, 0) is 35.7 Å². The van der Waals surface area contributed by atoms with Crippen LogP contribution in [0.25, 0.3) is 0 Å². The Hall–Kier alpha value is -2.30. The van der Waals surface area contributed by atoms with Gasteiger partial charge in [-0.25, -0.2) is 8.42 Å². The van der Waals surface area contributed by atoms with Gasteiger partial charge in [0, 0.05) is 12.0 Å². The number of sulfone groups is 1. The van der Waals surface area contributed by atoms with Crippen LogP contribution in [0.3, 0.4) is 0 Å². The van der Waals surface area contributed by atoms with Gasteiger partial charge >= 0.3 is 19.5 Å². The summed E-state index contributed by atoms with van der Waals surface area (Å²) >= 11 is 0. The standard InChI is InChI=1S/C31H33NO2S.ClH.Ru/c1-25-19-21-29(22-20-25)35(33,34)24-30(27-15-7-3-8-16-27)31(28-17-9-4-10-18-28)32-23-11-14-26-12-5-2-6-13-26;;/h2-10,12-13,15-22,30-32H,11,14,23-24H2,1H3;1H;/q;;+1/p-1/t30-,31-;;/m1../s1. The second kappa shape index (κ2) is 15.2. The molecule has 2 atom stereocenters. The van der Waals surface area contributed by atoms with Gasteiger partial charge in [-0.2, -0.15) is 0 Å². The van der Waals surface area contributed by atoms with Gasteiger partial charge in [0.05, 0.1) is 10.6 Å². The predicted octanol–water partition coefficient (Wildman–Crippen LogP) is 3.52. The van der Waals surface area contributed by atoms with E-state index in [-0.39, 0.29) is 49.6 Å². The maximum atomic E-state index is 13.6. The summed E-state index contributed by atoms with van der Waals surface area (Å²) < 4.78 is 27.1. The van der Waals surface area contributed by atoms with Crippen molar-refractivity contribution < 1.29 is 40.3 Å². The van der Waals surface area contributed by atoms with E-state index in [2.05, 4.69) is 41.7 Å². The number of rotatable bonds is 11. The molecule has 0 unspecified atom stereocenters. The molecule has 0 aliphatic heterocycles. The number of hydrogen-bond acceptors (Lipinski definition) is 3. The third kappa shape index (κ3) is 8.90. The summed E-state index contributed by atoms with van der Waals surface area (Å²) in [6, 6.07) is 37.7. The molecule has 6 heteroatoms. The van der Waals surface area contributed by atoms with Crippen LogP contribution in [0.1, 0.15) is 40.6 Å². The van der Waals surface area contributed by atoms with Crippen molar-refractivity contribution in [2.45, 2.75) is 36.6 Å². The monoisotopic (exact) mass is 620 g/mol. The Morgan fingerprint density at radius 3 is 1.78 bits per heavy atom. The van der Waals surface area contributed by atoms with Crippen molar-refractivity contribution in [2.24, 2.45) is 0 Å². The van der Waals surface area contributed by atoms with Gasteiger partial charge < -0.3 is 17.7 Å². The van der Waals surface area contributed by atoms with E-state index >= 15 is 0 Å². The maximum absolute atomic E-state index is 13.6. The zero-order chi connectivity index (χ0) is 24.5. The van der Waals surface area contributed by atoms with Crippen molar-refractivity contribution in [1.82, 2.24) is 5.32 Å². The molecule has 0 heterocycles. The van der Waals surface area contributed by atoms with Gasteiger partial charge in [0.2, 0.25) is 0 Å². The van der Waals surface area contributed by atoms with Gasteiger partial charge in [-0.05, 0) is 55.1 Å². The number of benzene rings is 4. The molecule has 0 fully saturated rings. The normalized spacial score (nSPS) is 12.6. The summed E-state index contributed by atoms with van der Waals surface area (Å²) in [6.07, 6.45) is 1.95. The van der Waals surface area contributed by atoms with Crippen LogP contribution < -0.4 is 17.7 Å². The molecule has 37 heavy (non-hydrogen) atoms. The summed E-state index contributed by atoms with van der Waals surface area (Å²) in [6.45, 7) is 2.76. The van der Waals surface area contributed by atoms with Crippen LogP contribution >= 0.6 is 0 Å². The van der Waals surface area contributed by atoms with Crippen LogP contribution in [0.2, 0.25) is 0 Å². The second-order valence-electron chi connectivity index (χ2n) is 9.04. The second-order valence-corrected chi connectivity index (χ2v) is 11.1. The minimum absolute atomic E-state index is 0. The van der Waals surface area contributed by atoms with Gasteiger partial charge in [0.25, 0.3) is 0 Å². The summed E-state index contributed by atoms with van der Waals surface area (Å²) in [5.41, 5.74) is 4.48. The Balaban J connectivity index is 0.00000241. The average molecular weight is 620 g/mol. The van der Waals surface area contributed by atoms with Crippen molar-refractivity contribution in [1.29, 1.82) is 0 Å². The quantitative estimate of drug-likeness (QED) is 0.207. The van der Waals surface area contributed by atoms with Crippen molar-refractivity contribution in [3.63, 3.8) is 0 Å². The number of halogens is 1. The van der Waals surface area contributed by atoms with E-state index < -0.39 is 9.84 Å². The molecule has 1 radical (unpaired) electrons. The predicted molar refractivity (Wildman–Crippen MR) is 144 cm³/mol. The zero-order valence-electron chi connectivity index (χ0n) is 20.9. The first-order valence-electron chi connectivity index (χ1n) is 12.2. The summed E-state index contributed by atoms with van der Waals surface area (Å²) in [7, 11) is -3.49. The molecule has 0 amide bonds. The fraction of sp³-hybridized carbons (Fsp3) is 0.226. The Labute approximate surface area is 240 Å². The summed E-state index contributed by atoms with van der Waals surface area (Å²) in [5, 5.41) is 3.72. The molecular formula is C31H33ClNO2RuS. The van der Waals surface area contributed by atoms with Crippen LogP contribution in [0, 0.1) is 6.92 Å². The number of aryl methyl sites for hydroxylation is 2. The molecule has 4 aromatic rings. The van der Waals surface area contributed by atoms with Gasteiger partial charge in [-0.3, -0.25) is 0 Å². The maximum Gasteiger partial charge on any atom is 1.00 e. The molecule has 195 valence electrons. The summed E-state index contributed by atoms with van der Waals surface area (Å²) in [5.74, 6) is -0.202. The van der Waals surface area contributed by atoms with E-state index in [1.165, 1.54) is 5.56 Å². The van der Waals surface area contributed by atoms with Crippen molar-refractivity contribution in [3.05, 3.63) is 138 Å². The molecule has 3 nitrogen and oxygen atoms in total. The Bertz CT molecular complexity index is 1290. The van der Waals surface area contributed by atoms with Crippen molar-refractivity contribution >= 4 is 9.84 Å². The average Bonchev–Trinajstić information content (AvgIpc) is 2.89. The third-order valence-electron chi connectivity index (χ3n) is 6.42.